The fourth-order valence-corrected chi connectivity index (χ4v) is 1.91. The molecule has 2 heterocycles. The third-order valence-corrected chi connectivity index (χ3v) is 3.14. The number of alkyl halides is 3. The van der Waals surface area contributed by atoms with E-state index in [9.17, 15) is 22.4 Å². The Hall–Kier alpha value is -1.86. The SMILES string of the molecule is CC(C)[C@H]1CN(c2ncc(C(F)(F)F)cc2F)C(=O)N1. The van der Waals surface area contributed by atoms with E-state index in [2.05, 4.69) is 10.3 Å². The molecule has 0 bridgehead atoms. The topological polar surface area (TPSA) is 45.2 Å². The number of nitrogens with one attached hydrogen (secondary N) is 1. The summed E-state index contributed by atoms with van der Waals surface area (Å²) in [5, 5.41) is 2.63. The Balaban J connectivity index is 2.28. The van der Waals surface area contributed by atoms with Crippen LogP contribution in [-0.2, 0) is 6.18 Å². The number of pyridine rings is 1. The zero-order valence-corrected chi connectivity index (χ0v) is 10.8. The van der Waals surface area contributed by atoms with Crippen LogP contribution in [0.25, 0.3) is 0 Å². The predicted octanol–water partition coefficient (Wildman–Crippen LogP) is 2.79. The van der Waals surface area contributed by atoms with E-state index in [-0.39, 0.29) is 18.5 Å². The average Bonchev–Trinajstić information content (AvgIpc) is 2.70. The maximum absolute atomic E-state index is 13.7. The molecule has 1 aromatic heterocycles. The van der Waals surface area contributed by atoms with Gasteiger partial charge in [0.25, 0.3) is 0 Å². The van der Waals surface area contributed by atoms with Gasteiger partial charge in [-0.15, -0.1) is 0 Å². The molecule has 1 aliphatic rings. The third kappa shape index (κ3) is 2.68. The molecule has 2 rings (SSSR count). The normalized spacial score (nSPS) is 19.6. The van der Waals surface area contributed by atoms with Crippen LogP contribution >= 0.6 is 0 Å². The lowest BCUT2D eigenvalue weighted by atomic mass is 10.1. The van der Waals surface area contributed by atoms with Crippen LogP contribution in [0.3, 0.4) is 0 Å². The van der Waals surface area contributed by atoms with E-state index in [1.807, 2.05) is 13.8 Å². The molecule has 1 aromatic rings. The van der Waals surface area contributed by atoms with Crippen LogP contribution in [0.15, 0.2) is 12.3 Å². The van der Waals surface area contributed by atoms with Crippen LogP contribution in [0.5, 0.6) is 0 Å². The molecule has 110 valence electrons. The molecule has 1 atom stereocenters. The smallest absolute Gasteiger partial charge is 0.333 e. The highest BCUT2D eigenvalue weighted by molar-refractivity contribution is 5.93. The molecule has 20 heavy (non-hydrogen) atoms. The molecule has 1 N–H and O–H groups in total. The van der Waals surface area contributed by atoms with E-state index < -0.39 is 29.4 Å². The second-order valence-electron chi connectivity index (χ2n) is 4.94. The summed E-state index contributed by atoms with van der Waals surface area (Å²) in [4.78, 5) is 16.2. The Morgan fingerprint density at radius 1 is 1.45 bits per heavy atom. The van der Waals surface area contributed by atoms with E-state index in [1.165, 1.54) is 0 Å². The number of carbonyl (C=O) groups is 1. The van der Waals surface area contributed by atoms with Gasteiger partial charge >= 0.3 is 12.2 Å². The van der Waals surface area contributed by atoms with Crippen LogP contribution < -0.4 is 10.2 Å². The second-order valence-corrected chi connectivity index (χ2v) is 4.94. The first-order valence-corrected chi connectivity index (χ1v) is 6.01. The van der Waals surface area contributed by atoms with Gasteiger partial charge in [-0.2, -0.15) is 13.2 Å². The molecule has 4 nitrogen and oxygen atoms in total. The number of rotatable bonds is 2. The van der Waals surface area contributed by atoms with Gasteiger partial charge in [0.2, 0.25) is 0 Å². The van der Waals surface area contributed by atoms with Crippen LogP contribution in [0.2, 0.25) is 0 Å². The highest BCUT2D eigenvalue weighted by Gasteiger charge is 2.36. The van der Waals surface area contributed by atoms with Crippen molar-refractivity contribution < 1.29 is 22.4 Å². The number of hydrogen-bond acceptors (Lipinski definition) is 2. The maximum Gasteiger partial charge on any atom is 0.417 e. The van der Waals surface area contributed by atoms with Crippen molar-refractivity contribution in [2.45, 2.75) is 26.1 Å². The number of urea groups is 1. The Morgan fingerprint density at radius 3 is 2.55 bits per heavy atom. The first-order chi connectivity index (χ1) is 9.20. The summed E-state index contributed by atoms with van der Waals surface area (Å²) in [6, 6.07) is -0.404. The molecule has 8 heteroatoms. The van der Waals surface area contributed by atoms with Gasteiger partial charge in [0.1, 0.15) is 0 Å². The molecule has 0 spiro atoms. The fourth-order valence-electron chi connectivity index (χ4n) is 1.91. The van der Waals surface area contributed by atoms with Crippen molar-refractivity contribution in [2.24, 2.45) is 5.92 Å². The minimum absolute atomic E-state index is 0.126. The Kier molecular flexibility index (Phi) is 3.58. The van der Waals surface area contributed by atoms with Gasteiger partial charge in [-0.1, -0.05) is 13.8 Å². The summed E-state index contributed by atoms with van der Waals surface area (Å²) < 4.78 is 51.0. The number of nitrogens with zero attached hydrogens (tertiary/aromatic N) is 2. The number of carbonyl (C=O) groups excluding carboxylic acids is 1. The van der Waals surface area contributed by atoms with E-state index >= 15 is 0 Å². The van der Waals surface area contributed by atoms with E-state index in [0.717, 1.165) is 4.90 Å². The van der Waals surface area contributed by atoms with Gasteiger partial charge in [0, 0.05) is 12.7 Å². The average molecular weight is 291 g/mol. The highest BCUT2D eigenvalue weighted by atomic mass is 19.4. The zero-order chi connectivity index (χ0) is 15.1. The van der Waals surface area contributed by atoms with Gasteiger partial charge in [-0.05, 0) is 12.0 Å². The quantitative estimate of drug-likeness (QED) is 0.852. The molecule has 2 amide bonds. The van der Waals surface area contributed by atoms with Crippen molar-refractivity contribution in [3.8, 4) is 0 Å². The lowest BCUT2D eigenvalue weighted by molar-refractivity contribution is -0.138. The molecule has 0 aromatic carbocycles. The number of anilines is 1. The summed E-state index contributed by atoms with van der Waals surface area (Å²) in [7, 11) is 0. The maximum atomic E-state index is 13.7. The number of amides is 2. The first-order valence-electron chi connectivity index (χ1n) is 6.01. The lowest BCUT2D eigenvalue weighted by Crippen LogP contribution is -2.31. The highest BCUT2D eigenvalue weighted by Crippen LogP contribution is 2.31. The standard InChI is InChI=1S/C12H13F4N3O/c1-6(2)9-5-19(11(20)18-9)10-8(13)3-7(4-17-10)12(14,15)16/h3-4,6,9H,5H2,1-2H3,(H,18,20)/t9-/m1/s1. The van der Waals surface area contributed by atoms with Gasteiger partial charge in [0.05, 0.1) is 11.6 Å². The van der Waals surface area contributed by atoms with E-state index in [0.29, 0.717) is 12.3 Å². The number of hydrogen-bond donors (Lipinski definition) is 1. The Labute approximate surface area is 112 Å². The molecule has 1 saturated heterocycles. The summed E-state index contributed by atoms with van der Waals surface area (Å²) in [6.45, 7) is 3.93. The molecule has 1 fully saturated rings. The summed E-state index contributed by atoms with van der Waals surface area (Å²) in [6.07, 6.45) is -4.14. The lowest BCUT2D eigenvalue weighted by Gasteiger charge is -2.16. The monoisotopic (exact) mass is 291 g/mol. The van der Waals surface area contributed by atoms with Gasteiger partial charge < -0.3 is 5.32 Å². The van der Waals surface area contributed by atoms with Crippen molar-refractivity contribution in [1.82, 2.24) is 10.3 Å². The van der Waals surface area contributed by atoms with Crippen molar-refractivity contribution in [2.75, 3.05) is 11.4 Å². The van der Waals surface area contributed by atoms with Crippen molar-refractivity contribution in [3.63, 3.8) is 0 Å². The minimum Gasteiger partial charge on any atom is -0.333 e. The fraction of sp³-hybridized carbons (Fsp3) is 0.500. The molecule has 1 aliphatic heterocycles. The summed E-state index contributed by atoms with van der Waals surface area (Å²) in [5.41, 5.74) is -1.18. The Bertz CT molecular complexity index is 530. The van der Waals surface area contributed by atoms with Crippen LogP contribution in [0.1, 0.15) is 19.4 Å². The van der Waals surface area contributed by atoms with Crippen molar-refractivity contribution >= 4 is 11.8 Å². The summed E-state index contributed by atoms with van der Waals surface area (Å²) >= 11 is 0. The molecule has 0 aliphatic carbocycles. The third-order valence-electron chi connectivity index (χ3n) is 3.14. The minimum atomic E-state index is -4.67. The molecule has 0 saturated carbocycles. The van der Waals surface area contributed by atoms with Gasteiger partial charge in [-0.3, -0.25) is 4.90 Å². The van der Waals surface area contributed by atoms with E-state index in [4.69, 9.17) is 0 Å². The molecule has 0 radical (unpaired) electrons. The molecular weight excluding hydrogens is 278 g/mol. The zero-order valence-electron chi connectivity index (χ0n) is 10.8. The number of halogens is 4. The number of aromatic nitrogens is 1. The molecular formula is C12H13F4N3O. The van der Waals surface area contributed by atoms with Crippen molar-refractivity contribution in [3.05, 3.63) is 23.6 Å². The van der Waals surface area contributed by atoms with E-state index in [1.54, 1.807) is 0 Å². The Morgan fingerprint density at radius 2 is 2.10 bits per heavy atom. The van der Waals surface area contributed by atoms with Crippen LogP contribution in [0.4, 0.5) is 28.2 Å². The van der Waals surface area contributed by atoms with Gasteiger partial charge in [0.15, 0.2) is 11.6 Å². The predicted molar refractivity (Wildman–Crippen MR) is 63.7 cm³/mol. The van der Waals surface area contributed by atoms with Gasteiger partial charge in [-0.25, -0.2) is 14.2 Å². The first kappa shape index (κ1) is 14.5. The van der Waals surface area contributed by atoms with Crippen LogP contribution in [-0.4, -0.2) is 23.6 Å². The van der Waals surface area contributed by atoms with Crippen LogP contribution in [0, 0.1) is 11.7 Å². The summed E-state index contributed by atoms with van der Waals surface area (Å²) in [5.74, 6) is -1.43. The second kappa shape index (κ2) is 4.92. The largest absolute Gasteiger partial charge is 0.417 e. The van der Waals surface area contributed by atoms with Crippen molar-refractivity contribution in [1.29, 1.82) is 0 Å². The molecule has 0 unspecified atom stereocenters.